The van der Waals surface area contributed by atoms with E-state index in [1.54, 1.807) is 0 Å². The van der Waals surface area contributed by atoms with Crippen LogP contribution < -0.4 is 5.32 Å². The van der Waals surface area contributed by atoms with E-state index >= 15 is 0 Å². The van der Waals surface area contributed by atoms with E-state index in [0.29, 0.717) is 12.2 Å². The van der Waals surface area contributed by atoms with Gasteiger partial charge in [0.05, 0.1) is 5.56 Å². The molecule has 0 aliphatic heterocycles. The molecule has 0 aliphatic rings. The maximum absolute atomic E-state index is 13.0. The Kier molecular flexibility index (Phi) is 5.58. The van der Waals surface area contributed by atoms with Gasteiger partial charge in [-0.25, -0.2) is 9.18 Å². The summed E-state index contributed by atoms with van der Waals surface area (Å²) < 4.78 is 13.0. The van der Waals surface area contributed by atoms with Crippen LogP contribution in [-0.4, -0.2) is 42.2 Å². The van der Waals surface area contributed by atoms with Crippen LogP contribution in [0, 0.1) is 5.82 Å². The molecular weight excluding hydrogens is 235 g/mol. The van der Waals surface area contributed by atoms with Gasteiger partial charge >= 0.3 is 5.97 Å². The van der Waals surface area contributed by atoms with Gasteiger partial charge in [-0.2, -0.15) is 0 Å². The first-order valence-electron chi connectivity index (χ1n) is 6.07. The summed E-state index contributed by atoms with van der Waals surface area (Å²) in [5.41, 5.74) is 0.422. The van der Waals surface area contributed by atoms with E-state index in [-0.39, 0.29) is 5.56 Å². The normalized spacial score (nSPS) is 10.7. The number of carboxylic acid groups (broad SMARTS) is 1. The van der Waals surface area contributed by atoms with Gasteiger partial charge in [0.25, 0.3) is 0 Å². The number of anilines is 1. The van der Waals surface area contributed by atoms with E-state index in [1.165, 1.54) is 12.1 Å². The smallest absolute Gasteiger partial charge is 0.337 e. The first-order valence-corrected chi connectivity index (χ1v) is 6.07. The standard InChI is InChI=1S/C13H19FN2O2/c1-3-16(4-2)8-7-15-12-6-5-10(14)9-11(12)13(17)18/h5-6,9,15H,3-4,7-8H2,1-2H3,(H,17,18). The van der Waals surface area contributed by atoms with Gasteiger partial charge in [-0.1, -0.05) is 13.8 Å². The van der Waals surface area contributed by atoms with Crippen molar-refractivity contribution in [3.8, 4) is 0 Å². The van der Waals surface area contributed by atoms with Crippen molar-refractivity contribution in [2.24, 2.45) is 0 Å². The molecule has 100 valence electrons. The van der Waals surface area contributed by atoms with Gasteiger partial charge in [-0.15, -0.1) is 0 Å². The molecule has 5 heteroatoms. The molecule has 0 aromatic heterocycles. The third-order valence-corrected chi connectivity index (χ3v) is 2.85. The third-order valence-electron chi connectivity index (χ3n) is 2.85. The van der Waals surface area contributed by atoms with Crippen molar-refractivity contribution in [2.45, 2.75) is 13.8 Å². The van der Waals surface area contributed by atoms with Gasteiger partial charge in [0.2, 0.25) is 0 Å². The quantitative estimate of drug-likeness (QED) is 0.783. The van der Waals surface area contributed by atoms with E-state index in [9.17, 15) is 9.18 Å². The highest BCUT2D eigenvalue weighted by Crippen LogP contribution is 2.16. The van der Waals surface area contributed by atoms with E-state index < -0.39 is 11.8 Å². The van der Waals surface area contributed by atoms with Crippen LogP contribution >= 0.6 is 0 Å². The fourth-order valence-corrected chi connectivity index (χ4v) is 1.74. The lowest BCUT2D eigenvalue weighted by Crippen LogP contribution is -2.28. The summed E-state index contributed by atoms with van der Waals surface area (Å²) in [5, 5.41) is 12.0. The monoisotopic (exact) mass is 254 g/mol. The van der Waals surface area contributed by atoms with Crippen molar-refractivity contribution >= 4 is 11.7 Å². The highest BCUT2D eigenvalue weighted by atomic mass is 19.1. The highest BCUT2D eigenvalue weighted by molar-refractivity contribution is 5.94. The number of rotatable bonds is 7. The molecule has 0 saturated carbocycles. The first-order chi connectivity index (χ1) is 8.58. The topological polar surface area (TPSA) is 52.6 Å². The first kappa shape index (κ1) is 14.4. The predicted octanol–water partition coefficient (Wildman–Crippen LogP) is 2.28. The molecule has 1 aromatic rings. The molecule has 4 nitrogen and oxygen atoms in total. The molecular formula is C13H19FN2O2. The van der Waals surface area contributed by atoms with Crippen LogP contribution in [0.15, 0.2) is 18.2 Å². The average molecular weight is 254 g/mol. The number of halogens is 1. The molecule has 1 aromatic carbocycles. The lowest BCUT2D eigenvalue weighted by molar-refractivity contribution is 0.0697. The summed E-state index contributed by atoms with van der Waals surface area (Å²) in [6.07, 6.45) is 0. The Hall–Kier alpha value is -1.62. The fraction of sp³-hybridized carbons (Fsp3) is 0.462. The Labute approximate surface area is 106 Å². The third kappa shape index (κ3) is 4.00. The molecule has 0 fully saturated rings. The molecule has 0 saturated heterocycles. The van der Waals surface area contributed by atoms with Crippen molar-refractivity contribution in [3.05, 3.63) is 29.6 Å². The molecule has 0 unspecified atom stereocenters. The second-order valence-corrected chi connectivity index (χ2v) is 3.95. The molecule has 0 atom stereocenters. The van der Waals surface area contributed by atoms with Crippen molar-refractivity contribution in [1.29, 1.82) is 0 Å². The van der Waals surface area contributed by atoms with Gasteiger partial charge in [-0.05, 0) is 31.3 Å². The van der Waals surface area contributed by atoms with E-state index in [2.05, 4.69) is 24.1 Å². The predicted molar refractivity (Wildman–Crippen MR) is 69.6 cm³/mol. The Balaban J connectivity index is 2.64. The van der Waals surface area contributed by atoms with Crippen LogP contribution in [0.1, 0.15) is 24.2 Å². The molecule has 2 N–H and O–H groups in total. The molecule has 0 spiro atoms. The number of nitrogens with zero attached hydrogens (tertiary/aromatic N) is 1. The molecule has 0 aliphatic carbocycles. The number of likely N-dealkylation sites (N-methyl/N-ethyl adjacent to an activating group) is 1. The Morgan fingerprint density at radius 2 is 2.06 bits per heavy atom. The summed E-state index contributed by atoms with van der Waals surface area (Å²) in [6.45, 7) is 7.51. The number of hydrogen-bond acceptors (Lipinski definition) is 3. The van der Waals surface area contributed by atoms with Crippen LogP contribution in [0.4, 0.5) is 10.1 Å². The van der Waals surface area contributed by atoms with Crippen molar-refractivity contribution < 1.29 is 14.3 Å². The van der Waals surface area contributed by atoms with Crippen LogP contribution in [0.2, 0.25) is 0 Å². The lowest BCUT2D eigenvalue weighted by Gasteiger charge is -2.18. The second-order valence-electron chi connectivity index (χ2n) is 3.95. The summed E-state index contributed by atoms with van der Waals surface area (Å²) in [5.74, 6) is -1.67. The van der Waals surface area contributed by atoms with E-state index in [1.807, 2.05) is 0 Å². The molecule has 0 amide bonds. The molecule has 0 radical (unpaired) electrons. The average Bonchev–Trinajstić information content (AvgIpc) is 2.36. The maximum Gasteiger partial charge on any atom is 0.337 e. The minimum absolute atomic E-state index is 0.0328. The van der Waals surface area contributed by atoms with E-state index in [4.69, 9.17) is 5.11 Å². The summed E-state index contributed by atoms with van der Waals surface area (Å²) >= 11 is 0. The molecule has 18 heavy (non-hydrogen) atoms. The van der Waals surface area contributed by atoms with Crippen LogP contribution in [0.25, 0.3) is 0 Å². The van der Waals surface area contributed by atoms with Crippen molar-refractivity contribution in [1.82, 2.24) is 4.90 Å². The van der Waals surface area contributed by atoms with Gasteiger partial charge in [-0.3, -0.25) is 0 Å². The van der Waals surface area contributed by atoms with Crippen molar-refractivity contribution in [3.63, 3.8) is 0 Å². The zero-order valence-electron chi connectivity index (χ0n) is 10.7. The van der Waals surface area contributed by atoms with Gasteiger partial charge < -0.3 is 15.3 Å². The van der Waals surface area contributed by atoms with Crippen LogP contribution in [0.3, 0.4) is 0 Å². The van der Waals surface area contributed by atoms with Crippen molar-refractivity contribution in [2.75, 3.05) is 31.5 Å². The minimum atomic E-state index is -1.13. The van der Waals surface area contributed by atoms with Crippen LogP contribution in [-0.2, 0) is 0 Å². The molecule has 0 heterocycles. The number of benzene rings is 1. The van der Waals surface area contributed by atoms with Crippen LogP contribution in [0.5, 0.6) is 0 Å². The number of hydrogen-bond donors (Lipinski definition) is 2. The Bertz CT molecular complexity index is 406. The number of carboxylic acids is 1. The summed E-state index contributed by atoms with van der Waals surface area (Å²) in [7, 11) is 0. The maximum atomic E-state index is 13.0. The van der Waals surface area contributed by atoms with E-state index in [0.717, 1.165) is 25.7 Å². The van der Waals surface area contributed by atoms with Gasteiger partial charge in [0, 0.05) is 18.8 Å². The summed E-state index contributed by atoms with van der Waals surface area (Å²) in [6, 6.07) is 3.75. The molecule has 1 rings (SSSR count). The molecule has 0 bridgehead atoms. The van der Waals surface area contributed by atoms with Gasteiger partial charge in [0.1, 0.15) is 5.82 Å². The summed E-state index contributed by atoms with van der Waals surface area (Å²) in [4.78, 5) is 13.2. The highest BCUT2D eigenvalue weighted by Gasteiger charge is 2.11. The fourth-order valence-electron chi connectivity index (χ4n) is 1.74. The number of nitrogens with one attached hydrogen (secondary N) is 1. The minimum Gasteiger partial charge on any atom is -0.478 e. The number of aromatic carboxylic acids is 1. The largest absolute Gasteiger partial charge is 0.478 e. The zero-order chi connectivity index (χ0) is 13.5. The number of carbonyl (C=O) groups is 1. The second kappa shape index (κ2) is 6.96. The zero-order valence-corrected chi connectivity index (χ0v) is 10.7. The van der Waals surface area contributed by atoms with Gasteiger partial charge in [0.15, 0.2) is 0 Å². The Morgan fingerprint density at radius 1 is 1.39 bits per heavy atom. The SMILES string of the molecule is CCN(CC)CCNc1ccc(F)cc1C(=O)O. The lowest BCUT2D eigenvalue weighted by atomic mass is 10.1. The Morgan fingerprint density at radius 3 is 2.61 bits per heavy atom.